The molecular weight excluding hydrogens is 228 g/mol. The van der Waals surface area contributed by atoms with E-state index >= 15 is 0 Å². The number of hydrogen-bond acceptors (Lipinski definition) is 3. The quantitative estimate of drug-likeness (QED) is 0.602. The number of halogens is 1. The molecule has 0 bridgehead atoms. The van der Waals surface area contributed by atoms with Gasteiger partial charge in [-0.3, -0.25) is 0 Å². The van der Waals surface area contributed by atoms with E-state index in [0.717, 1.165) is 5.56 Å². The first-order valence-corrected chi connectivity index (χ1v) is 5.00. The van der Waals surface area contributed by atoms with Gasteiger partial charge >= 0.3 is 5.97 Å². The number of hydrogen-bond donors (Lipinski definition) is 0. The van der Waals surface area contributed by atoms with Gasteiger partial charge in [0.1, 0.15) is 5.75 Å². The van der Waals surface area contributed by atoms with E-state index in [-0.39, 0.29) is 5.57 Å². The summed E-state index contributed by atoms with van der Waals surface area (Å²) in [5.74, 6) is 0.102. The van der Waals surface area contributed by atoms with Gasteiger partial charge in [-0.25, -0.2) is 4.79 Å². The Morgan fingerprint density at radius 1 is 1.38 bits per heavy atom. The molecule has 0 saturated carbocycles. The number of esters is 1. The largest absolute Gasteiger partial charge is 0.495 e. The second-order valence-electron chi connectivity index (χ2n) is 3.27. The van der Waals surface area contributed by atoms with Crippen molar-refractivity contribution < 1.29 is 14.3 Å². The summed E-state index contributed by atoms with van der Waals surface area (Å²) in [6.45, 7) is 5.53. The summed E-state index contributed by atoms with van der Waals surface area (Å²) in [7, 11) is 2.85. The number of aryl methyl sites for hydroxylation is 1. The lowest BCUT2D eigenvalue weighted by Gasteiger charge is -2.11. The van der Waals surface area contributed by atoms with Crippen LogP contribution in [0.25, 0.3) is 5.57 Å². The summed E-state index contributed by atoms with van der Waals surface area (Å²) >= 11 is 5.98. The lowest BCUT2D eigenvalue weighted by molar-refractivity contribution is -0.133. The monoisotopic (exact) mass is 240 g/mol. The molecule has 0 amide bonds. The number of ether oxygens (including phenoxy) is 2. The molecule has 0 fully saturated rings. The Balaban J connectivity index is 3.21. The molecule has 0 unspecified atom stereocenters. The Morgan fingerprint density at radius 2 is 2.00 bits per heavy atom. The van der Waals surface area contributed by atoms with E-state index in [9.17, 15) is 4.79 Å². The van der Waals surface area contributed by atoms with Gasteiger partial charge in [0.05, 0.1) is 24.8 Å². The maximum atomic E-state index is 11.3. The molecule has 1 aromatic rings. The summed E-state index contributed by atoms with van der Waals surface area (Å²) in [6.07, 6.45) is 0. The Labute approximate surface area is 99.6 Å². The third kappa shape index (κ3) is 2.36. The van der Waals surface area contributed by atoms with Crippen molar-refractivity contribution in [2.45, 2.75) is 6.92 Å². The molecule has 3 nitrogen and oxygen atoms in total. The Hall–Kier alpha value is -1.48. The van der Waals surface area contributed by atoms with E-state index in [1.54, 1.807) is 12.1 Å². The average molecular weight is 241 g/mol. The first-order chi connectivity index (χ1) is 7.51. The van der Waals surface area contributed by atoms with Crippen molar-refractivity contribution in [1.82, 2.24) is 0 Å². The highest BCUT2D eigenvalue weighted by atomic mass is 35.5. The minimum absolute atomic E-state index is 0.282. The van der Waals surface area contributed by atoms with Crippen LogP contribution in [0.5, 0.6) is 5.75 Å². The van der Waals surface area contributed by atoms with E-state index in [1.807, 2.05) is 6.92 Å². The van der Waals surface area contributed by atoms with Gasteiger partial charge in [0.2, 0.25) is 0 Å². The van der Waals surface area contributed by atoms with Gasteiger partial charge in [-0.1, -0.05) is 18.2 Å². The highest BCUT2D eigenvalue weighted by molar-refractivity contribution is 6.32. The predicted molar refractivity (Wildman–Crippen MR) is 63.8 cm³/mol. The topological polar surface area (TPSA) is 35.5 Å². The van der Waals surface area contributed by atoms with Crippen LogP contribution in [0.2, 0.25) is 5.02 Å². The maximum Gasteiger partial charge on any atom is 0.337 e. The van der Waals surface area contributed by atoms with Crippen LogP contribution in [0.15, 0.2) is 18.7 Å². The Morgan fingerprint density at radius 3 is 2.50 bits per heavy atom. The second-order valence-corrected chi connectivity index (χ2v) is 3.68. The Bertz CT molecular complexity index is 438. The first-order valence-electron chi connectivity index (χ1n) is 4.63. The van der Waals surface area contributed by atoms with E-state index in [1.165, 1.54) is 14.2 Å². The summed E-state index contributed by atoms with van der Waals surface area (Å²) in [6, 6.07) is 3.40. The fourth-order valence-corrected chi connectivity index (χ4v) is 1.61. The van der Waals surface area contributed by atoms with Crippen LogP contribution in [-0.4, -0.2) is 20.2 Å². The van der Waals surface area contributed by atoms with Gasteiger partial charge in [0.15, 0.2) is 0 Å². The highest BCUT2D eigenvalue weighted by Gasteiger charge is 2.14. The van der Waals surface area contributed by atoms with Gasteiger partial charge in [-0.2, -0.15) is 0 Å². The molecule has 0 N–H and O–H groups in total. The third-order valence-corrected chi connectivity index (χ3v) is 2.55. The number of rotatable bonds is 3. The molecule has 0 aromatic heterocycles. The van der Waals surface area contributed by atoms with Gasteiger partial charge < -0.3 is 9.47 Å². The van der Waals surface area contributed by atoms with Crippen LogP contribution in [0.4, 0.5) is 0 Å². The number of benzene rings is 1. The zero-order valence-electron chi connectivity index (χ0n) is 9.46. The number of carbonyl (C=O) groups is 1. The zero-order chi connectivity index (χ0) is 12.3. The zero-order valence-corrected chi connectivity index (χ0v) is 10.2. The molecule has 0 heterocycles. The smallest absolute Gasteiger partial charge is 0.337 e. The van der Waals surface area contributed by atoms with Gasteiger partial charge in [0.25, 0.3) is 0 Å². The van der Waals surface area contributed by atoms with E-state index in [4.69, 9.17) is 16.3 Å². The van der Waals surface area contributed by atoms with Crippen molar-refractivity contribution in [3.05, 3.63) is 34.9 Å². The van der Waals surface area contributed by atoms with Crippen LogP contribution in [0.1, 0.15) is 11.1 Å². The molecule has 0 spiro atoms. The molecule has 16 heavy (non-hydrogen) atoms. The average Bonchev–Trinajstić information content (AvgIpc) is 2.29. The highest BCUT2D eigenvalue weighted by Crippen LogP contribution is 2.30. The summed E-state index contributed by atoms with van der Waals surface area (Å²) in [5, 5.41) is 0.438. The van der Waals surface area contributed by atoms with Crippen LogP contribution in [-0.2, 0) is 9.53 Å². The van der Waals surface area contributed by atoms with Crippen molar-refractivity contribution >= 4 is 23.1 Å². The van der Waals surface area contributed by atoms with Gasteiger partial charge in [-0.05, 0) is 30.2 Å². The van der Waals surface area contributed by atoms with E-state index in [2.05, 4.69) is 11.3 Å². The molecule has 0 radical (unpaired) electrons. The molecule has 0 aliphatic heterocycles. The SMILES string of the molecule is C=C(C(=O)OC)c1cc(Cl)c(OC)cc1C. The summed E-state index contributed by atoms with van der Waals surface area (Å²) < 4.78 is 9.67. The van der Waals surface area contributed by atoms with Crippen LogP contribution in [0.3, 0.4) is 0 Å². The van der Waals surface area contributed by atoms with Crippen LogP contribution < -0.4 is 4.74 Å². The molecule has 1 rings (SSSR count). The predicted octanol–water partition coefficient (Wildman–Crippen LogP) is 2.84. The van der Waals surface area contributed by atoms with Crippen molar-refractivity contribution in [2.24, 2.45) is 0 Å². The van der Waals surface area contributed by atoms with E-state index < -0.39 is 5.97 Å². The molecule has 0 aliphatic rings. The van der Waals surface area contributed by atoms with Crippen LogP contribution >= 0.6 is 11.6 Å². The first kappa shape index (κ1) is 12.6. The third-order valence-electron chi connectivity index (χ3n) is 2.26. The fourth-order valence-electron chi connectivity index (χ4n) is 1.37. The molecule has 4 heteroatoms. The van der Waals surface area contributed by atoms with E-state index in [0.29, 0.717) is 16.3 Å². The van der Waals surface area contributed by atoms with Crippen molar-refractivity contribution in [2.75, 3.05) is 14.2 Å². The fraction of sp³-hybridized carbons (Fsp3) is 0.250. The lowest BCUT2D eigenvalue weighted by Crippen LogP contribution is -2.04. The lowest BCUT2D eigenvalue weighted by atomic mass is 10.0. The van der Waals surface area contributed by atoms with Crippen LogP contribution in [0, 0.1) is 6.92 Å². The molecule has 0 saturated heterocycles. The molecular formula is C12H13ClO3. The second kappa shape index (κ2) is 5.03. The minimum Gasteiger partial charge on any atom is -0.495 e. The summed E-state index contributed by atoms with van der Waals surface area (Å²) in [4.78, 5) is 11.3. The number of carbonyl (C=O) groups excluding carboxylic acids is 1. The normalized spacial score (nSPS) is 9.75. The van der Waals surface area contributed by atoms with Crippen molar-refractivity contribution in [3.63, 3.8) is 0 Å². The number of methoxy groups -OCH3 is 2. The van der Waals surface area contributed by atoms with Crippen molar-refractivity contribution in [1.29, 1.82) is 0 Å². The Kier molecular flexibility index (Phi) is 3.96. The molecule has 0 atom stereocenters. The maximum absolute atomic E-state index is 11.3. The molecule has 86 valence electrons. The minimum atomic E-state index is -0.468. The molecule has 0 aliphatic carbocycles. The molecule has 1 aromatic carbocycles. The van der Waals surface area contributed by atoms with Crippen molar-refractivity contribution in [3.8, 4) is 5.75 Å². The van der Waals surface area contributed by atoms with Gasteiger partial charge in [0, 0.05) is 0 Å². The van der Waals surface area contributed by atoms with Gasteiger partial charge in [-0.15, -0.1) is 0 Å². The standard InChI is InChI=1S/C12H13ClO3/c1-7-5-11(15-3)10(13)6-9(7)8(2)12(14)16-4/h5-6H,2H2,1,3-4H3. The summed E-state index contributed by atoms with van der Waals surface area (Å²) in [5.41, 5.74) is 1.80.